The van der Waals surface area contributed by atoms with E-state index in [2.05, 4.69) is 0 Å². The van der Waals surface area contributed by atoms with E-state index in [1.165, 1.54) is 38.5 Å². The number of esters is 2. The molecule has 0 aliphatic heterocycles. The first-order valence-corrected chi connectivity index (χ1v) is 8.63. The summed E-state index contributed by atoms with van der Waals surface area (Å²) in [5.74, 6) is -3.50. The third kappa shape index (κ3) is 4.54. The van der Waals surface area contributed by atoms with E-state index in [-0.39, 0.29) is 34.1 Å². The van der Waals surface area contributed by atoms with E-state index in [1.54, 1.807) is 18.2 Å². The van der Waals surface area contributed by atoms with Crippen molar-refractivity contribution in [3.63, 3.8) is 0 Å². The van der Waals surface area contributed by atoms with E-state index in [9.17, 15) is 18.4 Å². The Kier molecular flexibility index (Phi) is 6.26. The highest BCUT2D eigenvalue weighted by Crippen LogP contribution is 2.37. The molecule has 0 N–H and O–H groups in total. The van der Waals surface area contributed by atoms with E-state index in [0.717, 1.165) is 12.1 Å². The molecule has 0 saturated carbocycles. The summed E-state index contributed by atoms with van der Waals surface area (Å²) in [7, 11) is 2.80. The first-order valence-electron chi connectivity index (χ1n) is 8.63. The number of hydrogen-bond donors (Lipinski definition) is 0. The van der Waals surface area contributed by atoms with Gasteiger partial charge in [-0.25, -0.2) is 18.4 Å². The standard InChI is InChI=1S/C22H16F2O6/c1-27-18-8-5-9-19(28-2)20(18)30-22(26)17-7-4-3-6-16(17)21(25)29-15-11-13(23)10-14(24)12-15/h3-12H,1-2H3. The fraction of sp³-hybridized carbons (Fsp3) is 0.0909. The lowest BCUT2D eigenvalue weighted by Crippen LogP contribution is -2.18. The van der Waals surface area contributed by atoms with Gasteiger partial charge in [-0.2, -0.15) is 0 Å². The number of benzene rings is 3. The molecule has 0 amide bonds. The van der Waals surface area contributed by atoms with Crippen LogP contribution in [0.3, 0.4) is 0 Å². The van der Waals surface area contributed by atoms with E-state index < -0.39 is 23.6 Å². The Balaban J connectivity index is 1.90. The van der Waals surface area contributed by atoms with Gasteiger partial charge in [-0.3, -0.25) is 0 Å². The quantitative estimate of drug-likeness (QED) is 0.439. The average Bonchev–Trinajstić information content (AvgIpc) is 2.73. The molecule has 0 saturated heterocycles. The molecular weight excluding hydrogens is 398 g/mol. The maximum Gasteiger partial charge on any atom is 0.344 e. The van der Waals surface area contributed by atoms with Crippen LogP contribution in [0, 0.1) is 11.6 Å². The minimum absolute atomic E-state index is 0.0304. The second-order valence-electron chi connectivity index (χ2n) is 5.92. The van der Waals surface area contributed by atoms with Gasteiger partial charge in [0.05, 0.1) is 25.3 Å². The molecule has 3 aromatic carbocycles. The van der Waals surface area contributed by atoms with Gasteiger partial charge in [0.15, 0.2) is 11.5 Å². The van der Waals surface area contributed by atoms with Gasteiger partial charge in [0, 0.05) is 18.2 Å². The first kappa shape index (κ1) is 20.8. The summed E-state index contributed by atoms with van der Waals surface area (Å²) in [5.41, 5.74) is -0.270. The molecule has 0 aromatic heterocycles. The monoisotopic (exact) mass is 414 g/mol. The van der Waals surface area contributed by atoms with Crippen molar-refractivity contribution in [2.24, 2.45) is 0 Å². The van der Waals surface area contributed by atoms with Crippen molar-refractivity contribution in [2.75, 3.05) is 14.2 Å². The number of ether oxygens (including phenoxy) is 4. The minimum Gasteiger partial charge on any atom is -0.493 e. The Bertz CT molecular complexity index is 1050. The number of carbonyl (C=O) groups excluding carboxylic acids is 2. The van der Waals surface area contributed by atoms with Gasteiger partial charge in [-0.15, -0.1) is 0 Å². The Morgan fingerprint density at radius 2 is 1.20 bits per heavy atom. The van der Waals surface area contributed by atoms with E-state index in [1.807, 2.05) is 0 Å². The molecule has 154 valence electrons. The SMILES string of the molecule is COc1cccc(OC)c1OC(=O)c1ccccc1C(=O)Oc1cc(F)cc(F)c1. The normalized spacial score (nSPS) is 10.3. The summed E-state index contributed by atoms with van der Waals surface area (Å²) in [5, 5.41) is 0. The molecule has 3 rings (SSSR count). The smallest absolute Gasteiger partial charge is 0.344 e. The van der Waals surface area contributed by atoms with Crippen molar-refractivity contribution < 1.29 is 37.3 Å². The molecule has 0 aliphatic carbocycles. The maximum atomic E-state index is 13.3. The number of carbonyl (C=O) groups is 2. The maximum absolute atomic E-state index is 13.3. The topological polar surface area (TPSA) is 71.1 Å². The van der Waals surface area contributed by atoms with Crippen LogP contribution < -0.4 is 18.9 Å². The van der Waals surface area contributed by atoms with Gasteiger partial charge < -0.3 is 18.9 Å². The van der Waals surface area contributed by atoms with Crippen molar-refractivity contribution >= 4 is 11.9 Å². The van der Waals surface area contributed by atoms with Crippen molar-refractivity contribution in [3.8, 4) is 23.0 Å². The number of rotatable bonds is 6. The molecule has 0 radical (unpaired) electrons. The lowest BCUT2D eigenvalue weighted by molar-refractivity contribution is 0.0686. The third-order valence-electron chi connectivity index (χ3n) is 3.99. The fourth-order valence-corrected chi connectivity index (χ4v) is 2.65. The number of halogens is 2. The zero-order chi connectivity index (χ0) is 21.7. The molecule has 0 spiro atoms. The van der Waals surface area contributed by atoms with Crippen LogP contribution in [-0.4, -0.2) is 26.2 Å². The van der Waals surface area contributed by atoms with Crippen molar-refractivity contribution in [1.82, 2.24) is 0 Å². The van der Waals surface area contributed by atoms with Crippen LogP contribution in [0.5, 0.6) is 23.0 Å². The van der Waals surface area contributed by atoms with Gasteiger partial charge in [0.1, 0.15) is 17.4 Å². The molecule has 30 heavy (non-hydrogen) atoms. The molecule has 6 nitrogen and oxygen atoms in total. The number of methoxy groups -OCH3 is 2. The van der Waals surface area contributed by atoms with Gasteiger partial charge in [-0.1, -0.05) is 18.2 Å². The Morgan fingerprint density at radius 1 is 0.700 bits per heavy atom. The van der Waals surface area contributed by atoms with Crippen LogP contribution in [0.15, 0.2) is 60.7 Å². The van der Waals surface area contributed by atoms with Crippen LogP contribution in [0.2, 0.25) is 0 Å². The average molecular weight is 414 g/mol. The predicted octanol–water partition coefficient (Wildman–Crippen LogP) is 4.42. The summed E-state index contributed by atoms with van der Waals surface area (Å²) in [4.78, 5) is 25.3. The highest BCUT2D eigenvalue weighted by atomic mass is 19.1. The molecule has 0 unspecified atom stereocenters. The third-order valence-corrected chi connectivity index (χ3v) is 3.99. The zero-order valence-corrected chi connectivity index (χ0v) is 16.0. The zero-order valence-electron chi connectivity index (χ0n) is 16.0. The highest BCUT2D eigenvalue weighted by Gasteiger charge is 2.23. The fourth-order valence-electron chi connectivity index (χ4n) is 2.65. The minimum atomic E-state index is -0.987. The molecule has 0 heterocycles. The van der Waals surface area contributed by atoms with Gasteiger partial charge in [0.25, 0.3) is 0 Å². The van der Waals surface area contributed by atoms with Crippen LogP contribution in [0.25, 0.3) is 0 Å². The summed E-state index contributed by atoms with van der Waals surface area (Å²) >= 11 is 0. The second kappa shape index (κ2) is 9.04. The van der Waals surface area contributed by atoms with Crippen LogP contribution in [0.1, 0.15) is 20.7 Å². The van der Waals surface area contributed by atoms with Gasteiger partial charge in [-0.05, 0) is 24.3 Å². The predicted molar refractivity (Wildman–Crippen MR) is 102 cm³/mol. The Labute approximate surface area is 170 Å². The Hall–Kier alpha value is -3.94. The lowest BCUT2D eigenvalue weighted by Gasteiger charge is -2.14. The van der Waals surface area contributed by atoms with Gasteiger partial charge in [0.2, 0.25) is 5.75 Å². The van der Waals surface area contributed by atoms with Crippen molar-refractivity contribution in [3.05, 3.63) is 83.4 Å². The molecule has 8 heteroatoms. The summed E-state index contributed by atoms with van der Waals surface area (Å²) in [6.45, 7) is 0. The molecule has 0 fully saturated rings. The molecule has 0 aliphatic rings. The molecule has 3 aromatic rings. The van der Waals surface area contributed by atoms with Gasteiger partial charge >= 0.3 is 11.9 Å². The summed E-state index contributed by atoms with van der Waals surface area (Å²) < 4.78 is 47.5. The second-order valence-corrected chi connectivity index (χ2v) is 5.92. The number of hydrogen-bond acceptors (Lipinski definition) is 6. The van der Waals surface area contributed by atoms with Crippen molar-refractivity contribution in [2.45, 2.75) is 0 Å². The Morgan fingerprint density at radius 3 is 1.70 bits per heavy atom. The van der Waals surface area contributed by atoms with E-state index in [0.29, 0.717) is 6.07 Å². The van der Waals surface area contributed by atoms with Crippen molar-refractivity contribution in [1.29, 1.82) is 0 Å². The van der Waals surface area contributed by atoms with E-state index in [4.69, 9.17) is 18.9 Å². The van der Waals surface area contributed by atoms with Crippen LogP contribution >= 0.6 is 0 Å². The van der Waals surface area contributed by atoms with Crippen LogP contribution in [-0.2, 0) is 0 Å². The first-order chi connectivity index (χ1) is 14.4. The summed E-state index contributed by atoms with van der Waals surface area (Å²) in [6, 6.07) is 12.8. The molecule has 0 atom stereocenters. The molecule has 0 bridgehead atoms. The summed E-state index contributed by atoms with van der Waals surface area (Å²) in [6.07, 6.45) is 0. The largest absolute Gasteiger partial charge is 0.493 e. The van der Waals surface area contributed by atoms with E-state index >= 15 is 0 Å². The molecular formula is C22H16F2O6. The van der Waals surface area contributed by atoms with Crippen LogP contribution in [0.4, 0.5) is 8.78 Å². The lowest BCUT2D eigenvalue weighted by atomic mass is 10.1. The number of para-hydroxylation sites is 1. The highest BCUT2D eigenvalue weighted by molar-refractivity contribution is 6.04.